The fraction of sp³-hybridized carbons (Fsp3) is 0.333. The summed E-state index contributed by atoms with van der Waals surface area (Å²) in [7, 11) is 0. The van der Waals surface area contributed by atoms with Gasteiger partial charge < -0.3 is 25.0 Å². The summed E-state index contributed by atoms with van der Waals surface area (Å²) in [6, 6.07) is 0.0481. The van der Waals surface area contributed by atoms with Crippen LogP contribution in [0.15, 0.2) is 29.6 Å². The van der Waals surface area contributed by atoms with E-state index >= 15 is 0 Å². The van der Waals surface area contributed by atoms with Gasteiger partial charge in [0, 0.05) is 25.3 Å². The van der Waals surface area contributed by atoms with Crippen molar-refractivity contribution in [3.8, 4) is 0 Å². The number of hydrogen-bond donors (Lipinski definition) is 3. The van der Waals surface area contributed by atoms with Crippen molar-refractivity contribution >= 4 is 46.0 Å². The van der Waals surface area contributed by atoms with Crippen molar-refractivity contribution in [1.82, 2.24) is 25.0 Å². The molecule has 4 heterocycles. The predicted molar refractivity (Wildman–Crippen MR) is 107 cm³/mol. The Balaban J connectivity index is 1.63. The van der Waals surface area contributed by atoms with Crippen molar-refractivity contribution in [3.63, 3.8) is 0 Å². The smallest absolute Gasteiger partial charge is 0.246 e. The summed E-state index contributed by atoms with van der Waals surface area (Å²) in [6.07, 6.45) is 6.41. The molecule has 1 atom stereocenters. The molecule has 3 N–H and O–H groups in total. The van der Waals surface area contributed by atoms with Gasteiger partial charge in [-0.25, -0.2) is 0 Å². The molecule has 1 amide bonds. The maximum Gasteiger partial charge on any atom is 0.246 e. The molecule has 0 spiro atoms. The second-order valence-electron chi connectivity index (χ2n) is 6.65. The first kappa shape index (κ1) is 18.3. The molecule has 0 radical (unpaired) electrons. The Kier molecular flexibility index (Phi) is 4.91. The minimum Gasteiger partial charge on any atom is -0.365 e. The lowest BCUT2D eigenvalue weighted by molar-refractivity contribution is -0.127. The first-order chi connectivity index (χ1) is 13.5. The van der Waals surface area contributed by atoms with E-state index in [-0.39, 0.29) is 11.9 Å². The van der Waals surface area contributed by atoms with E-state index in [0.717, 1.165) is 19.4 Å². The van der Waals surface area contributed by atoms with Gasteiger partial charge in [0.2, 0.25) is 11.9 Å². The average molecular weight is 402 g/mol. The van der Waals surface area contributed by atoms with Gasteiger partial charge in [0.05, 0.1) is 16.6 Å². The Labute approximate surface area is 166 Å². The lowest BCUT2D eigenvalue weighted by Gasteiger charge is -2.33. The number of nitrogens with zero attached hydrogens (tertiary/aromatic N) is 4. The van der Waals surface area contributed by atoms with E-state index in [0.29, 0.717) is 45.8 Å². The van der Waals surface area contributed by atoms with Crippen LogP contribution in [0.4, 0.5) is 17.5 Å². The number of H-pyrrole nitrogens is 1. The average Bonchev–Trinajstić information content (AvgIpc) is 3.27. The largest absolute Gasteiger partial charge is 0.365 e. The molecule has 146 valence electrons. The van der Waals surface area contributed by atoms with Crippen molar-refractivity contribution in [2.45, 2.75) is 25.8 Å². The summed E-state index contributed by atoms with van der Waals surface area (Å²) < 4.78 is 5.07. The Morgan fingerprint density at radius 1 is 1.50 bits per heavy atom. The molecule has 28 heavy (non-hydrogen) atoms. The highest BCUT2D eigenvalue weighted by Gasteiger charge is 2.24. The fourth-order valence-corrected chi connectivity index (χ4v) is 3.55. The minimum absolute atomic E-state index is 0.0481. The standard InChI is InChI=1S/C18H20ClN7O2/c1-3-14(27)26-6-4-5-11(9-26)22-17-15-12(19)7-20-16(15)24-18(25-17)23-13-8-21-28-10(13)2/h3,7-8,11H,1,4-6,9H2,2H3,(H3,20,22,23,24,25). The van der Waals surface area contributed by atoms with Gasteiger partial charge >= 0.3 is 0 Å². The van der Waals surface area contributed by atoms with Gasteiger partial charge in [-0.15, -0.1) is 0 Å². The van der Waals surface area contributed by atoms with Crippen molar-refractivity contribution in [2.24, 2.45) is 0 Å². The van der Waals surface area contributed by atoms with E-state index in [4.69, 9.17) is 16.1 Å². The second-order valence-corrected chi connectivity index (χ2v) is 7.06. The van der Waals surface area contributed by atoms with E-state index in [9.17, 15) is 4.79 Å². The van der Waals surface area contributed by atoms with Crippen LogP contribution < -0.4 is 10.6 Å². The summed E-state index contributed by atoms with van der Waals surface area (Å²) in [4.78, 5) is 25.9. The molecule has 0 bridgehead atoms. The number of halogens is 1. The molecule has 3 aromatic rings. The highest BCUT2D eigenvalue weighted by molar-refractivity contribution is 6.36. The van der Waals surface area contributed by atoms with Crippen molar-refractivity contribution in [3.05, 3.63) is 35.8 Å². The SMILES string of the molecule is C=CC(=O)N1CCCC(Nc2nc(Nc3cnoc3C)nc3[nH]cc(Cl)c23)C1. The zero-order valence-electron chi connectivity index (χ0n) is 15.3. The Morgan fingerprint density at radius 2 is 2.36 bits per heavy atom. The molecule has 10 heteroatoms. The Bertz CT molecular complexity index is 1030. The third-order valence-corrected chi connectivity index (χ3v) is 5.03. The Morgan fingerprint density at radius 3 is 3.11 bits per heavy atom. The molecule has 0 saturated carbocycles. The van der Waals surface area contributed by atoms with E-state index in [1.54, 1.807) is 24.2 Å². The summed E-state index contributed by atoms with van der Waals surface area (Å²) >= 11 is 6.34. The normalized spacial score (nSPS) is 16.9. The maximum atomic E-state index is 12.0. The number of aryl methyl sites for hydroxylation is 1. The number of aromatic nitrogens is 4. The van der Waals surface area contributed by atoms with Crippen LogP contribution in [0.5, 0.6) is 0 Å². The number of amides is 1. The topological polar surface area (TPSA) is 112 Å². The van der Waals surface area contributed by atoms with Gasteiger partial charge in [-0.3, -0.25) is 4.79 Å². The van der Waals surface area contributed by atoms with E-state index < -0.39 is 0 Å². The van der Waals surface area contributed by atoms with Crippen LogP contribution in [0.2, 0.25) is 5.02 Å². The maximum absolute atomic E-state index is 12.0. The highest BCUT2D eigenvalue weighted by Crippen LogP contribution is 2.31. The van der Waals surface area contributed by atoms with Gasteiger partial charge in [0.1, 0.15) is 17.2 Å². The molecule has 9 nitrogen and oxygen atoms in total. The second kappa shape index (κ2) is 7.51. The van der Waals surface area contributed by atoms with Crippen LogP contribution in [0.25, 0.3) is 11.0 Å². The van der Waals surface area contributed by atoms with Gasteiger partial charge in [-0.05, 0) is 25.8 Å². The van der Waals surface area contributed by atoms with Gasteiger partial charge in [-0.2, -0.15) is 9.97 Å². The molecule has 0 aliphatic carbocycles. The first-order valence-corrected chi connectivity index (χ1v) is 9.33. The molecular formula is C18H20ClN7O2. The van der Waals surface area contributed by atoms with E-state index in [1.165, 1.54) is 6.08 Å². The molecule has 4 rings (SSSR count). The number of aromatic amines is 1. The van der Waals surface area contributed by atoms with Crippen LogP contribution in [0.1, 0.15) is 18.6 Å². The molecule has 1 fully saturated rings. The molecule has 1 saturated heterocycles. The summed E-state index contributed by atoms with van der Waals surface area (Å²) in [5.74, 6) is 1.55. The number of anilines is 3. The molecule has 1 aliphatic heterocycles. The summed E-state index contributed by atoms with van der Waals surface area (Å²) in [5, 5.41) is 11.5. The third-order valence-electron chi connectivity index (χ3n) is 4.73. The van der Waals surface area contributed by atoms with Gasteiger partial charge in [0.25, 0.3) is 0 Å². The third kappa shape index (κ3) is 3.53. The summed E-state index contributed by atoms with van der Waals surface area (Å²) in [5.41, 5.74) is 1.29. The molecular weight excluding hydrogens is 382 g/mol. The lowest BCUT2D eigenvalue weighted by atomic mass is 10.1. The van der Waals surface area contributed by atoms with Crippen LogP contribution in [-0.4, -0.2) is 50.0 Å². The first-order valence-electron chi connectivity index (χ1n) is 8.96. The molecule has 0 aromatic carbocycles. The van der Waals surface area contributed by atoms with E-state index in [2.05, 4.69) is 37.3 Å². The van der Waals surface area contributed by atoms with Crippen molar-refractivity contribution < 1.29 is 9.32 Å². The number of carbonyl (C=O) groups is 1. The number of fused-ring (bicyclic) bond motifs is 1. The minimum atomic E-state index is -0.0655. The Hall–Kier alpha value is -3.07. The molecule has 3 aromatic heterocycles. The van der Waals surface area contributed by atoms with Crippen molar-refractivity contribution in [2.75, 3.05) is 23.7 Å². The molecule has 1 unspecified atom stereocenters. The van der Waals surface area contributed by atoms with Gasteiger partial charge in [-0.1, -0.05) is 23.3 Å². The van der Waals surface area contributed by atoms with Crippen LogP contribution >= 0.6 is 11.6 Å². The highest BCUT2D eigenvalue weighted by atomic mass is 35.5. The van der Waals surface area contributed by atoms with Crippen molar-refractivity contribution in [1.29, 1.82) is 0 Å². The number of nitrogens with one attached hydrogen (secondary N) is 3. The quantitative estimate of drug-likeness (QED) is 0.562. The van der Waals surface area contributed by atoms with Crippen LogP contribution in [0, 0.1) is 6.92 Å². The zero-order chi connectivity index (χ0) is 19.7. The number of rotatable bonds is 5. The predicted octanol–water partition coefficient (Wildman–Crippen LogP) is 3.24. The van der Waals surface area contributed by atoms with Crippen LogP contribution in [-0.2, 0) is 4.79 Å². The fourth-order valence-electron chi connectivity index (χ4n) is 3.31. The van der Waals surface area contributed by atoms with E-state index in [1.807, 2.05) is 0 Å². The summed E-state index contributed by atoms with van der Waals surface area (Å²) in [6.45, 7) is 6.67. The monoisotopic (exact) mass is 401 g/mol. The number of piperidine rings is 1. The number of carbonyl (C=O) groups excluding carboxylic acids is 1. The number of hydrogen-bond acceptors (Lipinski definition) is 7. The lowest BCUT2D eigenvalue weighted by Crippen LogP contribution is -2.44. The molecule has 1 aliphatic rings. The van der Waals surface area contributed by atoms with Crippen LogP contribution in [0.3, 0.4) is 0 Å². The van der Waals surface area contributed by atoms with Gasteiger partial charge in [0.15, 0.2) is 5.76 Å². The zero-order valence-corrected chi connectivity index (χ0v) is 16.1. The number of likely N-dealkylation sites (tertiary alicyclic amines) is 1.